The van der Waals surface area contributed by atoms with Crippen molar-refractivity contribution < 1.29 is 4.79 Å². The predicted molar refractivity (Wildman–Crippen MR) is 48.0 cm³/mol. The monoisotopic (exact) mass is 240 g/mol. The molecule has 2 heteroatoms. The van der Waals surface area contributed by atoms with Crippen LogP contribution in [0.4, 0.5) is 0 Å². The Kier molecular flexibility index (Phi) is 5.44. The maximum Gasteiger partial charge on any atom is 0.133 e. The van der Waals surface area contributed by atoms with Crippen LogP contribution >= 0.6 is 22.6 Å². The van der Waals surface area contributed by atoms with E-state index in [0.29, 0.717) is 11.7 Å². The average molecular weight is 240 g/mol. The first kappa shape index (κ1) is 9.40. The van der Waals surface area contributed by atoms with Gasteiger partial charge in [0.15, 0.2) is 0 Å². The highest BCUT2D eigenvalue weighted by atomic mass is 127. The van der Waals surface area contributed by atoms with Crippen LogP contribution in [0.1, 0.15) is 26.7 Å². The second-order valence-corrected chi connectivity index (χ2v) is 3.13. The number of Topliss-reactive ketones (excluding diaryl/α,β-unsaturated/α-hetero) is 1. The fraction of sp³-hybridized carbons (Fsp3) is 0.857. The smallest absolute Gasteiger partial charge is 0.133 e. The third kappa shape index (κ3) is 3.89. The molecule has 0 rings (SSSR count). The van der Waals surface area contributed by atoms with Gasteiger partial charge in [-0.1, -0.05) is 35.9 Å². The summed E-state index contributed by atoms with van der Waals surface area (Å²) in [5.74, 6) is 0.654. The predicted octanol–water partition coefficient (Wildman–Crippen LogP) is 2.43. The van der Waals surface area contributed by atoms with Gasteiger partial charge in [0.2, 0.25) is 0 Å². The topological polar surface area (TPSA) is 17.1 Å². The van der Waals surface area contributed by atoms with E-state index in [1.54, 1.807) is 6.92 Å². The lowest BCUT2D eigenvalue weighted by molar-refractivity contribution is -0.120. The minimum atomic E-state index is 0.315. The Hall–Kier alpha value is 0.400. The van der Waals surface area contributed by atoms with Crippen molar-refractivity contribution in [2.24, 2.45) is 5.92 Å². The summed E-state index contributed by atoms with van der Waals surface area (Å²) in [4.78, 5) is 10.8. The van der Waals surface area contributed by atoms with Crippen molar-refractivity contribution in [2.45, 2.75) is 26.7 Å². The van der Waals surface area contributed by atoms with Crippen LogP contribution in [0.25, 0.3) is 0 Å². The molecule has 0 bridgehead atoms. The molecule has 0 N–H and O–H groups in total. The number of ketones is 1. The van der Waals surface area contributed by atoms with E-state index < -0.39 is 0 Å². The van der Waals surface area contributed by atoms with E-state index in [1.807, 2.05) is 0 Å². The number of hydrogen-bond donors (Lipinski definition) is 0. The molecule has 0 heterocycles. The Morgan fingerprint density at radius 2 is 2.22 bits per heavy atom. The molecule has 0 aliphatic heterocycles. The third-order valence-corrected chi connectivity index (χ3v) is 2.46. The SMILES string of the molecule is CCCC(CI)C(C)=O. The van der Waals surface area contributed by atoms with Crippen LogP contribution in [0.2, 0.25) is 0 Å². The van der Waals surface area contributed by atoms with Crippen LogP contribution in [0, 0.1) is 5.92 Å². The Morgan fingerprint density at radius 1 is 1.67 bits per heavy atom. The molecule has 1 atom stereocenters. The zero-order valence-electron chi connectivity index (χ0n) is 5.98. The van der Waals surface area contributed by atoms with Gasteiger partial charge in [0.05, 0.1) is 0 Å². The van der Waals surface area contributed by atoms with Crippen LogP contribution in [0.3, 0.4) is 0 Å². The van der Waals surface area contributed by atoms with E-state index in [2.05, 4.69) is 29.5 Å². The lowest BCUT2D eigenvalue weighted by atomic mass is 10.0. The molecule has 1 unspecified atom stereocenters. The Bertz CT molecular complexity index is 90.9. The first-order valence-electron chi connectivity index (χ1n) is 3.28. The van der Waals surface area contributed by atoms with Crippen LogP contribution in [-0.4, -0.2) is 10.2 Å². The van der Waals surface area contributed by atoms with Crippen molar-refractivity contribution >= 4 is 28.4 Å². The zero-order valence-corrected chi connectivity index (χ0v) is 8.14. The van der Waals surface area contributed by atoms with Crippen LogP contribution < -0.4 is 0 Å². The largest absolute Gasteiger partial charge is 0.300 e. The van der Waals surface area contributed by atoms with E-state index in [9.17, 15) is 4.79 Å². The van der Waals surface area contributed by atoms with Crippen LogP contribution in [-0.2, 0) is 4.79 Å². The first-order chi connectivity index (χ1) is 4.22. The molecule has 0 aromatic heterocycles. The molecule has 0 aromatic rings. The maximum absolute atomic E-state index is 10.8. The van der Waals surface area contributed by atoms with Gasteiger partial charge < -0.3 is 0 Å². The lowest BCUT2D eigenvalue weighted by Gasteiger charge is -2.06. The molecule has 0 radical (unpaired) electrons. The molecule has 0 aliphatic carbocycles. The summed E-state index contributed by atoms with van der Waals surface area (Å²) in [6.45, 7) is 3.79. The van der Waals surface area contributed by atoms with Gasteiger partial charge >= 0.3 is 0 Å². The van der Waals surface area contributed by atoms with Gasteiger partial charge in [0.1, 0.15) is 5.78 Å². The summed E-state index contributed by atoms with van der Waals surface area (Å²) in [5, 5.41) is 0. The number of alkyl halides is 1. The summed E-state index contributed by atoms with van der Waals surface area (Å²) in [6.07, 6.45) is 2.17. The average Bonchev–Trinajstić information content (AvgIpc) is 1.82. The molecule has 0 aliphatic rings. The highest BCUT2D eigenvalue weighted by molar-refractivity contribution is 14.1. The number of halogens is 1. The molecule has 9 heavy (non-hydrogen) atoms. The molecule has 0 spiro atoms. The second kappa shape index (κ2) is 5.21. The van der Waals surface area contributed by atoms with Crippen molar-refractivity contribution in [3.05, 3.63) is 0 Å². The highest BCUT2D eigenvalue weighted by Crippen LogP contribution is 2.10. The maximum atomic E-state index is 10.8. The van der Waals surface area contributed by atoms with E-state index in [4.69, 9.17) is 0 Å². The Morgan fingerprint density at radius 3 is 2.33 bits per heavy atom. The van der Waals surface area contributed by atoms with E-state index in [1.165, 1.54) is 0 Å². The van der Waals surface area contributed by atoms with Crippen molar-refractivity contribution in [2.75, 3.05) is 4.43 Å². The van der Waals surface area contributed by atoms with Crippen LogP contribution in [0.5, 0.6) is 0 Å². The zero-order chi connectivity index (χ0) is 7.28. The summed E-state index contributed by atoms with van der Waals surface area (Å²) in [5.41, 5.74) is 0. The van der Waals surface area contributed by atoms with Crippen LogP contribution in [0.15, 0.2) is 0 Å². The number of carbonyl (C=O) groups excluding carboxylic acids is 1. The lowest BCUT2D eigenvalue weighted by Crippen LogP contribution is -2.11. The van der Waals surface area contributed by atoms with Gasteiger partial charge in [-0.25, -0.2) is 0 Å². The third-order valence-electron chi connectivity index (χ3n) is 1.40. The molecule has 0 amide bonds. The highest BCUT2D eigenvalue weighted by Gasteiger charge is 2.09. The molecule has 0 saturated carbocycles. The van der Waals surface area contributed by atoms with Gasteiger partial charge in [0.25, 0.3) is 0 Å². The molecule has 0 fully saturated rings. The number of hydrogen-bond acceptors (Lipinski definition) is 1. The van der Waals surface area contributed by atoms with Crippen molar-refractivity contribution in [3.63, 3.8) is 0 Å². The molecule has 1 nitrogen and oxygen atoms in total. The fourth-order valence-corrected chi connectivity index (χ4v) is 1.80. The minimum Gasteiger partial charge on any atom is -0.300 e. The van der Waals surface area contributed by atoms with Gasteiger partial charge in [-0.3, -0.25) is 4.79 Å². The standard InChI is InChI=1S/C7H13IO/c1-3-4-7(5-8)6(2)9/h7H,3-5H2,1-2H3. The van der Waals surface area contributed by atoms with Crippen molar-refractivity contribution in [3.8, 4) is 0 Å². The molecule has 54 valence electrons. The van der Waals surface area contributed by atoms with Crippen molar-refractivity contribution in [1.29, 1.82) is 0 Å². The molecule has 0 saturated heterocycles. The first-order valence-corrected chi connectivity index (χ1v) is 4.81. The number of rotatable bonds is 4. The van der Waals surface area contributed by atoms with Gasteiger partial charge in [-0.2, -0.15) is 0 Å². The molecular weight excluding hydrogens is 227 g/mol. The normalized spacial score (nSPS) is 13.2. The summed E-state index contributed by atoms with van der Waals surface area (Å²) >= 11 is 2.27. The summed E-state index contributed by atoms with van der Waals surface area (Å²) in [6, 6.07) is 0. The summed E-state index contributed by atoms with van der Waals surface area (Å²) < 4.78 is 0.973. The van der Waals surface area contributed by atoms with E-state index >= 15 is 0 Å². The summed E-state index contributed by atoms with van der Waals surface area (Å²) in [7, 11) is 0. The number of carbonyl (C=O) groups is 1. The van der Waals surface area contributed by atoms with E-state index in [-0.39, 0.29) is 0 Å². The molecule has 0 aromatic carbocycles. The van der Waals surface area contributed by atoms with Gasteiger partial charge in [-0.05, 0) is 13.3 Å². The Balaban J connectivity index is 3.54. The molecular formula is C7H13IO. The minimum absolute atomic E-state index is 0.315. The Labute approximate surface area is 70.4 Å². The van der Waals surface area contributed by atoms with Gasteiger partial charge in [-0.15, -0.1) is 0 Å². The quantitative estimate of drug-likeness (QED) is 0.544. The fourth-order valence-electron chi connectivity index (χ4n) is 0.738. The van der Waals surface area contributed by atoms with Gasteiger partial charge in [0, 0.05) is 10.3 Å². The van der Waals surface area contributed by atoms with Crippen molar-refractivity contribution in [1.82, 2.24) is 0 Å². The van der Waals surface area contributed by atoms with E-state index in [0.717, 1.165) is 17.3 Å². The second-order valence-electron chi connectivity index (χ2n) is 2.25.